The fourth-order valence-electron chi connectivity index (χ4n) is 8.32. The number of hydrogen-bond donors (Lipinski definition) is 6. The van der Waals surface area contributed by atoms with Gasteiger partial charge in [0.2, 0.25) is 5.91 Å². The van der Waals surface area contributed by atoms with Crippen molar-refractivity contribution >= 4 is 5.91 Å². The van der Waals surface area contributed by atoms with E-state index < -0.39 is 49.5 Å². The number of ether oxygens (including phenoxy) is 2. The van der Waals surface area contributed by atoms with E-state index in [0.29, 0.717) is 6.42 Å². The molecular formula is C55H101NO8. The van der Waals surface area contributed by atoms with Gasteiger partial charge in [-0.3, -0.25) is 4.79 Å². The molecule has 0 saturated carbocycles. The number of aliphatic hydroxyl groups is 5. The third-order valence-electron chi connectivity index (χ3n) is 12.6. The SMILES string of the molecule is CCCCCCCCCCC/C=C\C/C=C\CCCCCCCCCCCC(=O)NC(COC1OC(CO)C(O)C(O)C1O)C(O)/C=C/CC/C=C/CCCCCCCCCCCC. The van der Waals surface area contributed by atoms with Crippen LogP contribution >= 0.6 is 0 Å². The average molecular weight is 904 g/mol. The van der Waals surface area contributed by atoms with Gasteiger partial charge in [0, 0.05) is 6.42 Å². The van der Waals surface area contributed by atoms with E-state index in [1.807, 2.05) is 6.08 Å². The largest absolute Gasteiger partial charge is 0.394 e. The van der Waals surface area contributed by atoms with E-state index >= 15 is 0 Å². The second-order valence-electron chi connectivity index (χ2n) is 18.7. The van der Waals surface area contributed by atoms with Gasteiger partial charge in [-0.1, -0.05) is 217 Å². The Morgan fingerprint density at radius 2 is 0.938 bits per heavy atom. The molecule has 0 radical (unpaired) electrons. The highest BCUT2D eigenvalue weighted by Gasteiger charge is 2.44. The van der Waals surface area contributed by atoms with E-state index in [9.17, 15) is 30.3 Å². The summed E-state index contributed by atoms with van der Waals surface area (Å²) in [6, 6.07) is -0.824. The van der Waals surface area contributed by atoms with Crippen LogP contribution in [-0.4, -0.2) is 87.5 Å². The second-order valence-corrected chi connectivity index (χ2v) is 18.7. The van der Waals surface area contributed by atoms with Gasteiger partial charge in [-0.2, -0.15) is 0 Å². The highest BCUT2D eigenvalue weighted by molar-refractivity contribution is 5.76. The van der Waals surface area contributed by atoms with Crippen LogP contribution in [0.5, 0.6) is 0 Å². The fraction of sp³-hybridized carbons (Fsp3) is 0.836. The summed E-state index contributed by atoms with van der Waals surface area (Å²) >= 11 is 0. The summed E-state index contributed by atoms with van der Waals surface area (Å²) in [6.45, 7) is 3.76. The van der Waals surface area contributed by atoms with Crippen molar-refractivity contribution in [3.05, 3.63) is 48.6 Å². The van der Waals surface area contributed by atoms with Crippen molar-refractivity contribution in [2.45, 2.75) is 281 Å². The molecule has 1 saturated heterocycles. The van der Waals surface area contributed by atoms with Crippen LogP contribution in [0.1, 0.15) is 239 Å². The summed E-state index contributed by atoms with van der Waals surface area (Å²) in [4.78, 5) is 13.0. The molecule has 7 unspecified atom stereocenters. The molecule has 0 aliphatic carbocycles. The molecule has 0 aromatic rings. The van der Waals surface area contributed by atoms with Gasteiger partial charge < -0.3 is 40.3 Å². The first-order chi connectivity index (χ1) is 31.3. The summed E-state index contributed by atoms with van der Waals surface area (Å²) < 4.78 is 11.2. The highest BCUT2D eigenvalue weighted by Crippen LogP contribution is 2.23. The van der Waals surface area contributed by atoms with Crippen LogP contribution in [0.2, 0.25) is 0 Å². The first-order valence-electron chi connectivity index (χ1n) is 26.9. The first-order valence-corrected chi connectivity index (χ1v) is 26.9. The van der Waals surface area contributed by atoms with Gasteiger partial charge >= 0.3 is 0 Å². The van der Waals surface area contributed by atoms with Crippen molar-refractivity contribution in [3.63, 3.8) is 0 Å². The minimum Gasteiger partial charge on any atom is -0.394 e. The van der Waals surface area contributed by atoms with Gasteiger partial charge in [-0.05, 0) is 64.2 Å². The molecule has 0 spiro atoms. The summed E-state index contributed by atoms with van der Waals surface area (Å²) in [5, 5.41) is 54.3. The molecule has 7 atom stereocenters. The zero-order valence-electron chi connectivity index (χ0n) is 41.3. The van der Waals surface area contributed by atoms with Crippen molar-refractivity contribution in [1.82, 2.24) is 5.32 Å². The molecule has 1 amide bonds. The van der Waals surface area contributed by atoms with Crippen molar-refractivity contribution in [2.75, 3.05) is 13.2 Å². The Kier molecular flexibility index (Phi) is 42.3. The predicted molar refractivity (Wildman–Crippen MR) is 267 cm³/mol. The summed E-state index contributed by atoms with van der Waals surface area (Å²) in [5.41, 5.74) is 0. The topological polar surface area (TPSA) is 149 Å². The Labute approximate surface area is 393 Å². The second kappa shape index (κ2) is 45.0. The molecule has 9 heteroatoms. The van der Waals surface area contributed by atoms with E-state index in [1.165, 1.54) is 173 Å². The molecule has 0 bridgehead atoms. The lowest BCUT2D eigenvalue weighted by Gasteiger charge is -2.40. The Balaban J connectivity index is 2.27. The molecular weight excluding hydrogens is 803 g/mol. The Morgan fingerprint density at radius 1 is 0.531 bits per heavy atom. The Hall–Kier alpha value is -1.85. The lowest BCUT2D eigenvalue weighted by atomic mass is 9.99. The summed E-state index contributed by atoms with van der Waals surface area (Å²) in [6.07, 6.45) is 51.7. The van der Waals surface area contributed by atoms with Crippen molar-refractivity contribution in [3.8, 4) is 0 Å². The van der Waals surface area contributed by atoms with Crippen LogP contribution in [0.15, 0.2) is 48.6 Å². The smallest absolute Gasteiger partial charge is 0.220 e. The van der Waals surface area contributed by atoms with Crippen LogP contribution < -0.4 is 5.32 Å². The lowest BCUT2D eigenvalue weighted by Crippen LogP contribution is -2.60. The Bertz CT molecular complexity index is 1140. The van der Waals surface area contributed by atoms with Crippen molar-refractivity contribution in [1.29, 1.82) is 0 Å². The molecule has 1 heterocycles. The minimum atomic E-state index is -1.57. The molecule has 6 N–H and O–H groups in total. The first kappa shape index (κ1) is 60.2. The third kappa shape index (κ3) is 34.5. The number of allylic oxidation sites excluding steroid dienone is 7. The van der Waals surface area contributed by atoms with E-state index in [1.54, 1.807) is 6.08 Å². The number of carbonyl (C=O) groups excluding carboxylic acids is 1. The molecule has 1 aliphatic heterocycles. The highest BCUT2D eigenvalue weighted by atomic mass is 16.7. The van der Waals surface area contributed by atoms with E-state index in [4.69, 9.17) is 9.47 Å². The number of aliphatic hydroxyl groups excluding tert-OH is 5. The van der Waals surface area contributed by atoms with E-state index in [2.05, 4.69) is 55.6 Å². The van der Waals surface area contributed by atoms with Crippen LogP contribution in [0.25, 0.3) is 0 Å². The van der Waals surface area contributed by atoms with Gasteiger partial charge in [0.1, 0.15) is 24.4 Å². The number of carbonyl (C=O) groups is 1. The molecule has 64 heavy (non-hydrogen) atoms. The zero-order chi connectivity index (χ0) is 46.6. The quantitative estimate of drug-likeness (QED) is 0.0261. The maximum absolute atomic E-state index is 13.0. The number of amides is 1. The molecule has 9 nitrogen and oxygen atoms in total. The van der Waals surface area contributed by atoms with Gasteiger partial charge in [0.25, 0.3) is 0 Å². The lowest BCUT2D eigenvalue weighted by molar-refractivity contribution is -0.302. The van der Waals surface area contributed by atoms with Gasteiger partial charge in [0.15, 0.2) is 6.29 Å². The normalized spacial score (nSPS) is 20.4. The number of hydrogen-bond acceptors (Lipinski definition) is 8. The molecule has 1 aliphatic rings. The molecule has 0 aromatic carbocycles. The maximum Gasteiger partial charge on any atom is 0.220 e. The number of nitrogens with one attached hydrogen (secondary N) is 1. The van der Waals surface area contributed by atoms with Crippen LogP contribution in [-0.2, 0) is 14.3 Å². The van der Waals surface area contributed by atoms with Crippen LogP contribution in [0, 0.1) is 0 Å². The minimum absolute atomic E-state index is 0.191. The Morgan fingerprint density at radius 3 is 1.41 bits per heavy atom. The van der Waals surface area contributed by atoms with Crippen molar-refractivity contribution in [2.24, 2.45) is 0 Å². The van der Waals surface area contributed by atoms with Crippen LogP contribution in [0.4, 0.5) is 0 Å². The number of unbranched alkanes of at least 4 members (excludes halogenated alkanes) is 29. The molecule has 1 rings (SSSR count). The van der Waals surface area contributed by atoms with Gasteiger partial charge in [-0.15, -0.1) is 0 Å². The monoisotopic (exact) mass is 904 g/mol. The van der Waals surface area contributed by atoms with Crippen LogP contribution in [0.3, 0.4) is 0 Å². The van der Waals surface area contributed by atoms with Gasteiger partial charge in [0.05, 0.1) is 25.4 Å². The summed E-state index contributed by atoms with van der Waals surface area (Å²) in [5.74, 6) is -0.191. The third-order valence-corrected chi connectivity index (χ3v) is 12.6. The number of rotatable bonds is 45. The zero-order valence-corrected chi connectivity index (χ0v) is 41.3. The van der Waals surface area contributed by atoms with Crippen molar-refractivity contribution < 1.29 is 39.8 Å². The van der Waals surface area contributed by atoms with E-state index in [0.717, 1.165) is 44.9 Å². The summed E-state index contributed by atoms with van der Waals surface area (Å²) in [7, 11) is 0. The average Bonchev–Trinajstić information content (AvgIpc) is 3.29. The van der Waals surface area contributed by atoms with Gasteiger partial charge in [-0.25, -0.2) is 0 Å². The predicted octanol–water partition coefficient (Wildman–Crippen LogP) is 12.6. The van der Waals surface area contributed by atoms with E-state index in [-0.39, 0.29) is 12.5 Å². The molecule has 0 aromatic heterocycles. The molecule has 374 valence electrons. The molecule has 1 fully saturated rings. The maximum atomic E-state index is 13.0. The standard InChI is InChI=1S/C55H101NO8/c1-3-5-7-9-11-13-15-17-19-21-22-23-24-25-26-27-28-29-31-33-35-37-39-41-43-45-51(59)56-48(47-63-55-54(62)53(61)52(60)50(46-57)64-55)49(58)44-42-40-38-36-34-32-30-20-18-16-14-12-10-8-6-4-2/h22-23,25-26,34,36,42,44,48-50,52-55,57-58,60-62H,3-21,24,27-33,35,37-41,43,45-47H2,1-2H3,(H,56,59)/b23-22-,26-25-,36-34+,44-42+. The fourth-order valence-corrected chi connectivity index (χ4v) is 8.32.